The van der Waals surface area contributed by atoms with Crippen LogP contribution in [0.1, 0.15) is 32.4 Å². The molecular formula is C14H23BrN2O. The zero-order chi connectivity index (χ0) is 13.7. The Kier molecular flexibility index (Phi) is 6.12. The maximum absolute atomic E-state index is 9.29. The van der Waals surface area contributed by atoms with E-state index in [0.29, 0.717) is 0 Å². The van der Waals surface area contributed by atoms with Crippen molar-refractivity contribution in [3.8, 4) is 0 Å². The molecule has 0 saturated carbocycles. The Morgan fingerprint density at radius 3 is 2.61 bits per heavy atom. The normalized spacial score (nSPS) is 14.3. The molecule has 0 amide bonds. The minimum absolute atomic E-state index is 0.110. The predicted molar refractivity (Wildman–Crippen MR) is 81.2 cm³/mol. The van der Waals surface area contributed by atoms with Gasteiger partial charge in [-0.2, -0.15) is 0 Å². The summed E-state index contributed by atoms with van der Waals surface area (Å²) in [7, 11) is 2.02. The van der Waals surface area contributed by atoms with Crippen LogP contribution in [-0.2, 0) is 0 Å². The van der Waals surface area contributed by atoms with Crippen LogP contribution < -0.4 is 10.2 Å². The zero-order valence-corrected chi connectivity index (χ0v) is 13.2. The van der Waals surface area contributed by atoms with Crippen molar-refractivity contribution in [3.63, 3.8) is 0 Å². The highest BCUT2D eigenvalue weighted by Gasteiger charge is 2.16. The fourth-order valence-electron chi connectivity index (χ4n) is 1.97. The minimum Gasteiger partial charge on any atom is -0.394 e. The lowest BCUT2D eigenvalue weighted by Crippen LogP contribution is -2.33. The summed E-state index contributed by atoms with van der Waals surface area (Å²) >= 11 is 3.52. The summed E-state index contributed by atoms with van der Waals surface area (Å²) in [6, 6.07) is 6.68. The van der Waals surface area contributed by atoms with Crippen molar-refractivity contribution < 1.29 is 5.11 Å². The van der Waals surface area contributed by atoms with Crippen molar-refractivity contribution in [2.75, 3.05) is 25.1 Å². The fourth-order valence-corrected chi connectivity index (χ4v) is 2.35. The highest BCUT2D eigenvalue weighted by Crippen LogP contribution is 2.29. The molecule has 4 heteroatoms. The Bertz CT molecular complexity index is 384. The van der Waals surface area contributed by atoms with Gasteiger partial charge in [-0.25, -0.2) is 0 Å². The van der Waals surface area contributed by atoms with Crippen LogP contribution in [0.3, 0.4) is 0 Å². The van der Waals surface area contributed by atoms with E-state index in [1.807, 2.05) is 20.0 Å². The molecule has 0 saturated heterocycles. The molecule has 1 aromatic carbocycles. The van der Waals surface area contributed by atoms with Crippen LogP contribution in [-0.4, -0.2) is 31.3 Å². The van der Waals surface area contributed by atoms with E-state index in [9.17, 15) is 5.11 Å². The van der Waals surface area contributed by atoms with Crippen LogP contribution in [0.15, 0.2) is 22.7 Å². The van der Waals surface area contributed by atoms with Gasteiger partial charge >= 0.3 is 0 Å². The van der Waals surface area contributed by atoms with E-state index < -0.39 is 0 Å². The van der Waals surface area contributed by atoms with E-state index in [0.717, 1.165) is 16.7 Å². The van der Waals surface area contributed by atoms with Crippen LogP contribution in [0.2, 0.25) is 0 Å². The Hall–Kier alpha value is -0.580. The zero-order valence-electron chi connectivity index (χ0n) is 11.6. The minimum atomic E-state index is 0.110. The Labute approximate surface area is 118 Å². The van der Waals surface area contributed by atoms with Crippen LogP contribution in [0.5, 0.6) is 0 Å². The number of rotatable bonds is 6. The van der Waals surface area contributed by atoms with Gasteiger partial charge in [0.05, 0.1) is 6.61 Å². The maximum Gasteiger partial charge on any atom is 0.0632 e. The molecule has 0 fully saturated rings. The molecule has 0 spiro atoms. The van der Waals surface area contributed by atoms with Gasteiger partial charge in [0.25, 0.3) is 0 Å². The molecule has 0 heterocycles. The lowest BCUT2D eigenvalue weighted by atomic mass is 10.0. The van der Waals surface area contributed by atoms with Gasteiger partial charge in [0.15, 0.2) is 0 Å². The van der Waals surface area contributed by atoms with Gasteiger partial charge in [0, 0.05) is 29.3 Å². The number of likely N-dealkylation sites (N-methyl/N-ethyl adjacent to an activating group) is 1. The third kappa shape index (κ3) is 3.70. The number of hydrogen-bond donors (Lipinski definition) is 2. The third-order valence-electron chi connectivity index (χ3n) is 3.27. The van der Waals surface area contributed by atoms with Gasteiger partial charge in [-0.1, -0.05) is 22.9 Å². The molecule has 102 valence electrons. The van der Waals surface area contributed by atoms with Gasteiger partial charge in [0.1, 0.15) is 0 Å². The number of aliphatic hydroxyl groups is 1. The van der Waals surface area contributed by atoms with Gasteiger partial charge in [-0.3, -0.25) is 0 Å². The van der Waals surface area contributed by atoms with Crippen LogP contribution in [0.25, 0.3) is 0 Å². The van der Waals surface area contributed by atoms with E-state index in [1.165, 1.54) is 5.56 Å². The molecule has 18 heavy (non-hydrogen) atoms. The second-order valence-electron chi connectivity index (χ2n) is 4.63. The van der Waals surface area contributed by atoms with E-state index in [1.54, 1.807) is 0 Å². The molecule has 2 N–H and O–H groups in total. The first-order valence-corrected chi connectivity index (χ1v) is 7.17. The van der Waals surface area contributed by atoms with E-state index in [-0.39, 0.29) is 18.7 Å². The summed E-state index contributed by atoms with van der Waals surface area (Å²) in [4.78, 5) is 2.12. The second kappa shape index (κ2) is 7.12. The molecular weight excluding hydrogens is 292 g/mol. The quantitative estimate of drug-likeness (QED) is 0.847. The molecule has 0 aromatic heterocycles. The molecule has 0 radical (unpaired) electrons. The van der Waals surface area contributed by atoms with Crippen molar-refractivity contribution in [2.45, 2.75) is 32.9 Å². The smallest absolute Gasteiger partial charge is 0.0632 e. The summed E-state index contributed by atoms with van der Waals surface area (Å²) < 4.78 is 1.08. The first kappa shape index (κ1) is 15.5. The maximum atomic E-state index is 9.29. The molecule has 1 aromatic rings. The Morgan fingerprint density at radius 2 is 2.06 bits per heavy atom. The summed E-state index contributed by atoms with van der Waals surface area (Å²) in [5.74, 6) is 0. The Morgan fingerprint density at radius 1 is 1.39 bits per heavy atom. The molecule has 2 unspecified atom stereocenters. The average molecular weight is 315 g/mol. The molecule has 0 bridgehead atoms. The molecule has 0 aliphatic carbocycles. The van der Waals surface area contributed by atoms with Crippen molar-refractivity contribution >= 4 is 21.6 Å². The number of anilines is 1. The highest BCUT2D eigenvalue weighted by molar-refractivity contribution is 9.10. The number of nitrogens with zero attached hydrogens (tertiary/aromatic N) is 1. The fraction of sp³-hybridized carbons (Fsp3) is 0.571. The van der Waals surface area contributed by atoms with E-state index >= 15 is 0 Å². The molecule has 2 atom stereocenters. The molecule has 1 rings (SSSR count). The lowest BCUT2D eigenvalue weighted by Gasteiger charge is -2.29. The van der Waals surface area contributed by atoms with Gasteiger partial charge in [0.2, 0.25) is 0 Å². The summed E-state index contributed by atoms with van der Waals surface area (Å²) in [5.41, 5.74) is 2.40. The predicted octanol–water partition coefficient (Wildman–Crippen LogP) is 2.94. The standard InChI is InChI=1S/C14H23BrN2O/c1-5-16-11(3)13-8-12(15)6-7-14(13)17(4)10(2)9-18/h6-8,10-11,16,18H,5,9H2,1-4H3. The summed E-state index contributed by atoms with van der Waals surface area (Å²) in [6.07, 6.45) is 0. The van der Waals surface area contributed by atoms with Crippen molar-refractivity contribution in [2.24, 2.45) is 0 Å². The van der Waals surface area contributed by atoms with Crippen LogP contribution in [0, 0.1) is 0 Å². The summed E-state index contributed by atoms with van der Waals surface area (Å²) in [6.45, 7) is 7.37. The van der Waals surface area contributed by atoms with Crippen LogP contribution in [0.4, 0.5) is 5.69 Å². The number of benzene rings is 1. The SMILES string of the molecule is CCNC(C)c1cc(Br)ccc1N(C)C(C)CO. The number of halogens is 1. The monoisotopic (exact) mass is 314 g/mol. The first-order valence-electron chi connectivity index (χ1n) is 6.37. The number of hydrogen-bond acceptors (Lipinski definition) is 3. The molecule has 3 nitrogen and oxygen atoms in total. The Balaban J connectivity index is 3.10. The second-order valence-corrected chi connectivity index (χ2v) is 5.54. The highest BCUT2D eigenvalue weighted by atomic mass is 79.9. The van der Waals surface area contributed by atoms with Gasteiger partial charge < -0.3 is 15.3 Å². The number of nitrogens with one attached hydrogen (secondary N) is 1. The van der Waals surface area contributed by atoms with Crippen molar-refractivity contribution in [1.82, 2.24) is 5.32 Å². The lowest BCUT2D eigenvalue weighted by molar-refractivity contribution is 0.270. The average Bonchev–Trinajstić information content (AvgIpc) is 2.37. The third-order valence-corrected chi connectivity index (χ3v) is 3.77. The number of aliphatic hydroxyl groups excluding tert-OH is 1. The van der Waals surface area contributed by atoms with E-state index in [2.05, 4.69) is 52.1 Å². The van der Waals surface area contributed by atoms with Gasteiger partial charge in [-0.05, 0) is 44.2 Å². The first-order chi connectivity index (χ1) is 8.51. The topological polar surface area (TPSA) is 35.5 Å². The van der Waals surface area contributed by atoms with Gasteiger partial charge in [-0.15, -0.1) is 0 Å². The molecule has 0 aliphatic rings. The summed E-state index contributed by atoms with van der Waals surface area (Å²) in [5, 5.41) is 12.7. The van der Waals surface area contributed by atoms with E-state index in [4.69, 9.17) is 0 Å². The van der Waals surface area contributed by atoms with Crippen molar-refractivity contribution in [1.29, 1.82) is 0 Å². The van der Waals surface area contributed by atoms with Crippen molar-refractivity contribution in [3.05, 3.63) is 28.2 Å². The largest absolute Gasteiger partial charge is 0.394 e. The van der Waals surface area contributed by atoms with Crippen LogP contribution >= 0.6 is 15.9 Å². The molecule has 0 aliphatic heterocycles.